The molecule has 1 aliphatic rings. The van der Waals surface area contributed by atoms with Crippen LogP contribution in [0.3, 0.4) is 0 Å². The van der Waals surface area contributed by atoms with Crippen molar-refractivity contribution in [2.75, 3.05) is 6.61 Å². The summed E-state index contributed by atoms with van der Waals surface area (Å²) in [6.45, 7) is 10.2. The average molecular weight is 232 g/mol. The molecule has 1 rings (SSSR count). The number of rotatable bonds is 3. The minimum atomic E-state index is 0.00912. The summed E-state index contributed by atoms with van der Waals surface area (Å²) in [5.41, 5.74) is 1.11. The monoisotopic (exact) mass is 232 g/mol. The van der Waals surface area contributed by atoms with Crippen molar-refractivity contribution in [3.63, 3.8) is 0 Å². The lowest BCUT2D eigenvalue weighted by Crippen LogP contribution is -2.11. The molecule has 0 aromatic heterocycles. The molecule has 1 heterocycles. The molecule has 0 aliphatic carbocycles. The van der Waals surface area contributed by atoms with Gasteiger partial charge in [-0.05, 0) is 32.9 Å². The Morgan fingerprint density at radius 3 is 2.59 bits per heavy atom. The van der Waals surface area contributed by atoms with E-state index in [1.54, 1.807) is 6.08 Å². The van der Waals surface area contributed by atoms with Gasteiger partial charge in [0.1, 0.15) is 12.7 Å². The van der Waals surface area contributed by atoms with Crippen molar-refractivity contribution in [1.29, 1.82) is 0 Å². The van der Waals surface area contributed by atoms with Gasteiger partial charge in [-0.3, -0.25) is 0 Å². The predicted molar refractivity (Wildman–Crippen MR) is 71.4 cm³/mol. The van der Waals surface area contributed by atoms with E-state index in [9.17, 15) is 0 Å². The zero-order valence-corrected chi connectivity index (χ0v) is 10.8. The van der Waals surface area contributed by atoms with E-state index < -0.39 is 0 Å². The van der Waals surface area contributed by atoms with Gasteiger partial charge in [0.25, 0.3) is 0 Å². The van der Waals surface area contributed by atoms with Crippen molar-refractivity contribution in [1.82, 2.24) is 0 Å². The van der Waals surface area contributed by atoms with E-state index >= 15 is 0 Å². The third kappa shape index (κ3) is 3.66. The van der Waals surface area contributed by atoms with E-state index in [0.717, 1.165) is 11.3 Å². The summed E-state index contributed by atoms with van der Waals surface area (Å²) < 4.78 is 11.5. The molecule has 17 heavy (non-hydrogen) atoms. The van der Waals surface area contributed by atoms with Crippen molar-refractivity contribution in [3.05, 3.63) is 60.1 Å². The second-order valence-electron chi connectivity index (χ2n) is 3.75. The first-order valence-corrected chi connectivity index (χ1v) is 5.83. The molecule has 0 N–H and O–H groups in total. The van der Waals surface area contributed by atoms with Crippen molar-refractivity contribution in [2.45, 2.75) is 26.9 Å². The third-order valence-electron chi connectivity index (χ3n) is 2.47. The number of hydrogen-bond donors (Lipinski definition) is 0. The number of allylic oxidation sites excluding steroid dienone is 6. The summed E-state index contributed by atoms with van der Waals surface area (Å²) in [7, 11) is 0. The van der Waals surface area contributed by atoms with E-state index in [1.165, 1.54) is 0 Å². The maximum atomic E-state index is 5.86. The van der Waals surface area contributed by atoms with Crippen LogP contribution in [0.25, 0.3) is 0 Å². The normalized spacial score (nSPS) is 23.9. The Morgan fingerprint density at radius 1 is 1.24 bits per heavy atom. The standard InChI is InChI=1S/C15H20O2/c1-5-8-10-13-11-16-14(7-3)15(9-6-2)17-12(13)4/h5-10,12H,3,11H2,1-2,4H3/b8-5-,9-6-,13-10-. The van der Waals surface area contributed by atoms with Crippen LogP contribution in [0.5, 0.6) is 0 Å². The van der Waals surface area contributed by atoms with Gasteiger partial charge in [-0.2, -0.15) is 0 Å². The van der Waals surface area contributed by atoms with Gasteiger partial charge in [0, 0.05) is 5.57 Å². The lowest BCUT2D eigenvalue weighted by atomic mass is 10.1. The van der Waals surface area contributed by atoms with Gasteiger partial charge in [0.2, 0.25) is 0 Å². The quantitative estimate of drug-likeness (QED) is 0.734. The van der Waals surface area contributed by atoms with E-state index in [4.69, 9.17) is 9.47 Å². The van der Waals surface area contributed by atoms with Crippen molar-refractivity contribution in [3.8, 4) is 0 Å². The van der Waals surface area contributed by atoms with Crippen LogP contribution in [0.1, 0.15) is 20.8 Å². The van der Waals surface area contributed by atoms with Crippen molar-refractivity contribution < 1.29 is 9.47 Å². The topological polar surface area (TPSA) is 18.5 Å². The number of ether oxygens (including phenoxy) is 2. The van der Waals surface area contributed by atoms with Gasteiger partial charge < -0.3 is 9.47 Å². The molecular weight excluding hydrogens is 212 g/mol. The molecule has 0 radical (unpaired) electrons. The highest BCUT2D eigenvalue weighted by atomic mass is 16.5. The second-order valence-corrected chi connectivity index (χ2v) is 3.75. The van der Waals surface area contributed by atoms with Crippen molar-refractivity contribution in [2.24, 2.45) is 0 Å². The molecule has 0 aromatic carbocycles. The van der Waals surface area contributed by atoms with Gasteiger partial charge in [-0.25, -0.2) is 0 Å². The Morgan fingerprint density at radius 2 is 2.00 bits per heavy atom. The van der Waals surface area contributed by atoms with Crippen LogP contribution in [-0.2, 0) is 9.47 Å². The molecular formula is C15H20O2. The van der Waals surface area contributed by atoms with Crippen LogP contribution in [0.4, 0.5) is 0 Å². The first-order chi connectivity index (χ1) is 8.22. The SMILES string of the molecule is C=CC1=C(/C=C\C)OC(C)/C(=C\C=C/C)CO1. The summed E-state index contributed by atoms with van der Waals surface area (Å²) in [4.78, 5) is 0. The fourth-order valence-electron chi connectivity index (χ4n) is 1.51. The lowest BCUT2D eigenvalue weighted by molar-refractivity contribution is 0.172. The Bertz CT molecular complexity index is 384. The second kappa shape index (κ2) is 6.79. The van der Waals surface area contributed by atoms with Gasteiger partial charge in [0.15, 0.2) is 11.5 Å². The molecule has 0 aromatic rings. The first-order valence-electron chi connectivity index (χ1n) is 5.83. The van der Waals surface area contributed by atoms with Crippen LogP contribution in [0.15, 0.2) is 60.1 Å². The summed E-state index contributed by atoms with van der Waals surface area (Å²) in [6, 6.07) is 0. The van der Waals surface area contributed by atoms with Crippen LogP contribution in [0, 0.1) is 0 Å². The van der Waals surface area contributed by atoms with Crippen molar-refractivity contribution >= 4 is 0 Å². The first kappa shape index (κ1) is 13.4. The maximum Gasteiger partial charge on any atom is 0.161 e. The molecule has 0 saturated carbocycles. The Balaban J connectivity index is 2.96. The minimum absolute atomic E-state index is 0.00912. The average Bonchev–Trinajstić information content (AvgIpc) is 2.47. The molecule has 1 aliphatic heterocycles. The van der Waals surface area contributed by atoms with E-state index in [0.29, 0.717) is 12.4 Å². The Labute approximate surface area is 104 Å². The van der Waals surface area contributed by atoms with Gasteiger partial charge >= 0.3 is 0 Å². The minimum Gasteiger partial charge on any atom is -0.485 e. The molecule has 1 atom stereocenters. The highest BCUT2D eigenvalue weighted by Gasteiger charge is 2.18. The smallest absolute Gasteiger partial charge is 0.161 e. The summed E-state index contributed by atoms with van der Waals surface area (Å²) in [5, 5.41) is 0. The third-order valence-corrected chi connectivity index (χ3v) is 2.47. The molecule has 1 unspecified atom stereocenters. The van der Waals surface area contributed by atoms with E-state index in [-0.39, 0.29) is 6.10 Å². The van der Waals surface area contributed by atoms with Gasteiger partial charge in [0.05, 0.1) is 0 Å². The fourth-order valence-corrected chi connectivity index (χ4v) is 1.51. The molecule has 92 valence electrons. The van der Waals surface area contributed by atoms with Crippen LogP contribution >= 0.6 is 0 Å². The summed E-state index contributed by atoms with van der Waals surface area (Å²) >= 11 is 0. The van der Waals surface area contributed by atoms with Crippen LogP contribution in [-0.4, -0.2) is 12.7 Å². The largest absolute Gasteiger partial charge is 0.485 e. The molecule has 0 bridgehead atoms. The molecule has 2 nitrogen and oxygen atoms in total. The molecule has 0 saturated heterocycles. The molecule has 0 fully saturated rings. The van der Waals surface area contributed by atoms with E-state index in [1.807, 2.05) is 51.2 Å². The van der Waals surface area contributed by atoms with Crippen LogP contribution < -0.4 is 0 Å². The number of hydrogen-bond acceptors (Lipinski definition) is 2. The van der Waals surface area contributed by atoms with Gasteiger partial charge in [-0.15, -0.1) is 0 Å². The molecule has 0 amide bonds. The Hall–Kier alpha value is -1.70. The highest BCUT2D eigenvalue weighted by Crippen LogP contribution is 2.22. The fraction of sp³-hybridized carbons (Fsp3) is 0.333. The molecule has 2 heteroatoms. The predicted octanol–water partition coefficient (Wildman–Crippen LogP) is 3.90. The zero-order valence-electron chi connectivity index (χ0n) is 10.8. The molecule has 0 spiro atoms. The van der Waals surface area contributed by atoms with Gasteiger partial charge in [-0.1, -0.05) is 30.9 Å². The van der Waals surface area contributed by atoms with Crippen LogP contribution in [0.2, 0.25) is 0 Å². The van der Waals surface area contributed by atoms with E-state index in [2.05, 4.69) is 6.58 Å². The summed E-state index contributed by atoms with van der Waals surface area (Å²) in [5.74, 6) is 1.43. The summed E-state index contributed by atoms with van der Waals surface area (Å²) in [6.07, 6.45) is 11.5. The Kier molecular flexibility index (Phi) is 5.34. The zero-order chi connectivity index (χ0) is 12.7. The maximum absolute atomic E-state index is 5.86. The highest BCUT2D eigenvalue weighted by molar-refractivity contribution is 5.28. The lowest BCUT2D eigenvalue weighted by Gasteiger charge is -2.13.